The summed E-state index contributed by atoms with van der Waals surface area (Å²) in [6.07, 6.45) is 1.85. The van der Waals surface area contributed by atoms with Gasteiger partial charge in [0.2, 0.25) is 0 Å². The number of aryl methyl sites for hydroxylation is 1. The molecule has 0 spiro atoms. The Kier molecular flexibility index (Phi) is 5.37. The molecule has 1 fully saturated rings. The van der Waals surface area contributed by atoms with E-state index in [0.29, 0.717) is 0 Å². The molecule has 0 radical (unpaired) electrons. The van der Waals surface area contributed by atoms with Crippen molar-refractivity contribution in [1.29, 1.82) is 0 Å². The number of morpholine rings is 1. The molecule has 1 saturated heterocycles. The van der Waals surface area contributed by atoms with Crippen molar-refractivity contribution in [3.05, 3.63) is 47.8 Å². The minimum atomic E-state index is -0.131. The molecule has 1 aromatic carbocycles. The zero-order chi connectivity index (χ0) is 18.7. The van der Waals surface area contributed by atoms with Crippen LogP contribution in [0.2, 0.25) is 0 Å². The van der Waals surface area contributed by atoms with Crippen LogP contribution in [-0.2, 0) is 4.74 Å². The summed E-state index contributed by atoms with van der Waals surface area (Å²) < 4.78 is 11.5. The van der Waals surface area contributed by atoms with Crippen molar-refractivity contribution in [1.82, 2.24) is 4.98 Å². The van der Waals surface area contributed by atoms with Crippen LogP contribution in [0.25, 0.3) is 0 Å². The van der Waals surface area contributed by atoms with Gasteiger partial charge in [0, 0.05) is 31.0 Å². The van der Waals surface area contributed by atoms with Crippen molar-refractivity contribution < 1.29 is 9.47 Å². The number of hydrogen-bond donors (Lipinski definition) is 1. The van der Waals surface area contributed by atoms with E-state index in [9.17, 15) is 0 Å². The van der Waals surface area contributed by atoms with E-state index >= 15 is 0 Å². The number of methoxy groups -OCH3 is 1. The van der Waals surface area contributed by atoms with Gasteiger partial charge in [-0.15, -0.1) is 0 Å². The fourth-order valence-electron chi connectivity index (χ4n) is 3.34. The molecular formula is C21H29N3O2. The Balaban J connectivity index is 1.78. The van der Waals surface area contributed by atoms with Crippen LogP contribution < -0.4 is 15.0 Å². The maximum atomic E-state index is 5.82. The summed E-state index contributed by atoms with van der Waals surface area (Å²) in [5.74, 6) is 0.839. The van der Waals surface area contributed by atoms with Crippen molar-refractivity contribution in [2.24, 2.45) is 0 Å². The summed E-state index contributed by atoms with van der Waals surface area (Å²) in [7, 11) is 1.71. The molecule has 5 nitrogen and oxygen atoms in total. The Morgan fingerprint density at radius 1 is 1.27 bits per heavy atom. The smallest absolute Gasteiger partial charge is 0.144 e. The summed E-state index contributed by atoms with van der Waals surface area (Å²) in [6.45, 7) is 10.9. The molecule has 3 rings (SSSR count). The lowest BCUT2D eigenvalue weighted by molar-refractivity contribution is -0.0277. The lowest BCUT2D eigenvalue weighted by Gasteiger charge is -2.39. The number of rotatable bonds is 5. The van der Waals surface area contributed by atoms with E-state index in [4.69, 9.17) is 9.47 Å². The highest BCUT2D eigenvalue weighted by atomic mass is 16.5. The summed E-state index contributed by atoms with van der Waals surface area (Å²) in [4.78, 5) is 6.82. The number of nitrogens with zero attached hydrogens (tertiary/aromatic N) is 2. The average molecular weight is 355 g/mol. The minimum absolute atomic E-state index is 0.0944. The Bertz CT molecular complexity index is 761. The largest absolute Gasteiger partial charge is 0.495 e. The molecule has 1 aromatic heterocycles. The number of aromatic nitrogens is 1. The van der Waals surface area contributed by atoms with E-state index < -0.39 is 0 Å². The van der Waals surface area contributed by atoms with Crippen LogP contribution in [0.1, 0.15) is 38.1 Å². The van der Waals surface area contributed by atoms with Gasteiger partial charge < -0.3 is 19.7 Å². The van der Waals surface area contributed by atoms with E-state index in [-0.39, 0.29) is 11.6 Å². The lowest BCUT2D eigenvalue weighted by Crippen LogP contribution is -2.48. The van der Waals surface area contributed by atoms with Gasteiger partial charge in [-0.05, 0) is 57.5 Å². The molecule has 1 aliphatic rings. The van der Waals surface area contributed by atoms with E-state index in [1.807, 2.05) is 12.3 Å². The van der Waals surface area contributed by atoms with Crippen molar-refractivity contribution in [3.63, 3.8) is 0 Å². The first-order valence-electron chi connectivity index (χ1n) is 9.14. The maximum Gasteiger partial charge on any atom is 0.144 e. The zero-order valence-electron chi connectivity index (χ0n) is 16.4. The molecule has 0 saturated carbocycles. The average Bonchev–Trinajstić information content (AvgIpc) is 2.61. The summed E-state index contributed by atoms with van der Waals surface area (Å²) >= 11 is 0. The summed E-state index contributed by atoms with van der Waals surface area (Å²) in [5, 5.41) is 3.52. The first-order chi connectivity index (χ1) is 12.4. The second-order valence-corrected chi connectivity index (χ2v) is 7.54. The van der Waals surface area contributed by atoms with Gasteiger partial charge in [0.05, 0.1) is 36.7 Å². The molecule has 2 aromatic rings. The fraction of sp³-hybridized carbons (Fsp3) is 0.476. The molecular weight excluding hydrogens is 326 g/mol. The SMILES string of the molecule is COc1cc(N2CCOC(C)(C)C2)ccc1NC(C)c1cc(C)ccn1. The molecule has 2 heterocycles. The molecule has 1 unspecified atom stereocenters. The molecule has 140 valence electrons. The molecule has 1 aliphatic heterocycles. The van der Waals surface area contributed by atoms with Gasteiger partial charge in [-0.25, -0.2) is 0 Å². The lowest BCUT2D eigenvalue weighted by atomic mass is 10.1. The molecule has 0 bridgehead atoms. The van der Waals surface area contributed by atoms with Crippen molar-refractivity contribution in [2.75, 3.05) is 37.0 Å². The van der Waals surface area contributed by atoms with Crippen LogP contribution >= 0.6 is 0 Å². The third kappa shape index (κ3) is 4.28. The van der Waals surface area contributed by atoms with Gasteiger partial charge in [-0.3, -0.25) is 4.98 Å². The van der Waals surface area contributed by atoms with Gasteiger partial charge in [-0.2, -0.15) is 0 Å². The van der Waals surface area contributed by atoms with Crippen molar-refractivity contribution in [3.8, 4) is 5.75 Å². The first-order valence-corrected chi connectivity index (χ1v) is 9.14. The highest BCUT2D eigenvalue weighted by molar-refractivity contribution is 5.65. The Hall–Kier alpha value is -2.27. The molecule has 1 N–H and O–H groups in total. The van der Waals surface area contributed by atoms with Crippen LogP contribution in [0.4, 0.5) is 11.4 Å². The number of ether oxygens (including phenoxy) is 2. The van der Waals surface area contributed by atoms with Crippen LogP contribution in [0.15, 0.2) is 36.5 Å². The van der Waals surface area contributed by atoms with Crippen LogP contribution in [0.5, 0.6) is 5.75 Å². The van der Waals surface area contributed by atoms with Gasteiger partial charge in [0.15, 0.2) is 0 Å². The second kappa shape index (κ2) is 7.54. The molecule has 0 aliphatic carbocycles. The first kappa shape index (κ1) is 18.5. The highest BCUT2D eigenvalue weighted by Gasteiger charge is 2.27. The highest BCUT2D eigenvalue weighted by Crippen LogP contribution is 2.33. The number of pyridine rings is 1. The fourth-order valence-corrected chi connectivity index (χ4v) is 3.34. The van der Waals surface area contributed by atoms with E-state index in [1.165, 1.54) is 5.56 Å². The Labute approximate surface area is 156 Å². The molecule has 0 amide bonds. The Morgan fingerprint density at radius 2 is 2.08 bits per heavy atom. The van der Waals surface area contributed by atoms with Gasteiger partial charge in [0.25, 0.3) is 0 Å². The van der Waals surface area contributed by atoms with E-state index in [2.05, 4.69) is 67.2 Å². The van der Waals surface area contributed by atoms with E-state index in [0.717, 1.165) is 42.5 Å². The Morgan fingerprint density at radius 3 is 2.77 bits per heavy atom. The minimum Gasteiger partial charge on any atom is -0.495 e. The third-order valence-electron chi connectivity index (χ3n) is 4.73. The van der Waals surface area contributed by atoms with Crippen molar-refractivity contribution in [2.45, 2.75) is 39.3 Å². The van der Waals surface area contributed by atoms with Gasteiger partial charge >= 0.3 is 0 Å². The number of hydrogen-bond acceptors (Lipinski definition) is 5. The number of benzene rings is 1. The predicted octanol–water partition coefficient (Wildman–Crippen LogP) is 4.19. The molecule has 26 heavy (non-hydrogen) atoms. The van der Waals surface area contributed by atoms with Gasteiger partial charge in [0.1, 0.15) is 5.75 Å². The monoisotopic (exact) mass is 355 g/mol. The topological polar surface area (TPSA) is 46.6 Å². The van der Waals surface area contributed by atoms with E-state index in [1.54, 1.807) is 7.11 Å². The van der Waals surface area contributed by atoms with Crippen LogP contribution in [-0.4, -0.2) is 37.4 Å². The molecule has 5 heteroatoms. The van der Waals surface area contributed by atoms with Crippen LogP contribution in [0, 0.1) is 6.92 Å². The van der Waals surface area contributed by atoms with Crippen LogP contribution in [0.3, 0.4) is 0 Å². The number of nitrogens with one attached hydrogen (secondary N) is 1. The predicted molar refractivity (Wildman–Crippen MR) is 106 cm³/mol. The number of anilines is 2. The maximum absolute atomic E-state index is 5.82. The standard InChI is InChI=1S/C21H29N3O2/c1-15-8-9-22-19(12-15)16(2)23-18-7-6-17(13-20(18)25-5)24-10-11-26-21(3,4)14-24/h6-9,12-13,16,23H,10-11,14H2,1-5H3. The summed E-state index contributed by atoms with van der Waals surface area (Å²) in [6, 6.07) is 10.5. The molecule has 1 atom stereocenters. The van der Waals surface area contributed by atoms with Gasteiger partial charge in [-0.1, -0.05) is 0 Å². The quantitative estimate of drug-likeness (QED) is 0.871. The van der Waals surface area contributed by atoms with Crippen molar-refractivity contribution >= 4 is 11.4 Å². The normalized spacial score (nSPS) is 17.7. The second-order valence-electron chi connectivity index (χ2n) is 7.54. The zero-order valence-corrected chi connectivity index (χ0v) is 16.4. The third-order valence-corrected chi connectivity index (χ3v) is 4.73. The summed E-state index contributed by atoms with van der Waals surface area (Å²) in [5.41, 5.74) is 4.23.